The molecule has 0 aromatic carbocycles. The van der Waals surface area contributed by atoms with Crippen molar-refractivity contribution in [3.8, 4) is 0 Å². The van der Waals surface area contributed by atoms with Crippen LogP contribution in [0, 0.1) is 0 Å². The van der Waals surface area contributed by atoms with Gasteiger partial charge in [0, 0.05) is 18.8 Å². The molecular formula is C14H18ClN5O. The van der Waals surface area contributed by atoms with E-state index in [-0.39, 0.29) is 17.1 Å². The average Bonchev–Trinajstić information content (AvgIpc) is 2.86. The first-order valence-corrected chi connectivity index (χ1v) is 7.48. The number of carbonyl (C=O) groups is 1. The number of halogens is 1. The fourth-order valence-corrected chi connectivity index (χ4v) is 3.02. The van der Waals surface area contributed by atoms with Gasteiger partial charge in [0.25, 0.3) is 0 Å². The second-order valence-electron chi connectivity index (χ2n) is 5.50. The second kappa shape index (κ2) is 5.99. The number of nitrogens with one attached hydrogen (secondary N) is 2. The Balaban J connectivity index is 1.75. The Morgan fingerprint density at radius 2 is 2.43 bits per heavy atom. The molecule has 0 amide bonds. The number of carbonyl (C=O) groups excluding carboxylic acids is 1. The van der Waals surface area contributed by atoms with Crippen LogP contribution in [0.5, 0.6) is 0 Å². The molecule has 1 atom stereocenters. The van der Waals surface area contributed by atoms with Crippen LogP contribution in [0.15, 0.2) is 12.3 Å². The van der Waals surface area contributed by atoms with E-state index in [1.54, 1.807) is 6.92 Å². The van der Waals surface area contributed by atoms with Crippen LogP contribution in [-0.4, -0.2) is 51.3 Å². The van der Waals surface area contributed by atoms with Crippen LogP contribution in [0.4, 0.5) is 5.82 Å². The highest BCUT2D eigenvalue weighted by Crippen LogP contribution is 2.23. The third-order valence-corrected chi connectivity index (χ3v) is 3.85. The van der Waals surface area contributed by atoms with Gasteiger partial charge in [-0.05, 0) is 44.0 Å². The molecule has 2 aromatic rings. The number of fused-ring (bicyclic) bond motifs is 1. The lowest BCUT2D eigenvalue weighted by Crippen LogP contribution is -2.44. The lowest BCUT2D eigenvalue weighted by molar-refractivity contribution is -0.118. The molecule has 0 aliphatic carbocycles. The maximum Gasteiger partial charge on any atom is 0.226 e. The van der Waals surface area contributed by atoms with Gasteiger partial charge < -0.3 is 10.3 Å². The molecule has 1 saturated heterocycles. The fourth-order valence-electron chi connectivity index (χ4n) is 2.85. The van der Waals surface area contributed by atoms with E-state index in [1.165, 1.54) is 0 Å². The number of anilines is 1. The molecule has 0 saturated carbocycles. The predicted octanol–water partition coefficient (Wildman–Crippen LogP) is 2.08. The molecule has 6 nitrogen and oxygen atoms in total. The lowest BCUT2D eigenvalue weighted by Gasteiger charge is -2.32. The summed E-state index contributed by atoms with van der Waals surface area (Å²) in [6.45, 7) is 3.96. The number of hydrogen-bond donors (Lipinski definition) is 2. The van der Waals surface area contributed by atoms with Gasteiger partial charge in [0.1, 0.15) is 17.2 Å². The van der Waals surface area contributed by atoms with Crippen LogP contribution in [0.1, 0.15) is 19.8 Å². The summed E-state index contributed by atoms with van der Waals surface area (Å²) in [7, 11) is 0. The van der Waals surface area contributed by atoms with Gasteiger partial charge in [0.15, 0.2) is 0 Å². The SMILES string of the molecule is CC(=O)CN1CCCC(Nc2nc(Cl)nc3[nH]ccc23)C1. The zero-order valence-corrected chi connectivity index (χ0v) is 12.7. The summed E-state index contributed by atoms with van der Waals surface area (Å²) in [5.74, 6) is 0.953. The number of ketones is 1. The first kappa shape index (κ1) is 14.3. The van der Waals surface area contributed by atoms with Crippen molar-refractivity contribution in [3.63, 3.8) is 0 Å². The van der Waals surface area contributed by atoms with E-state index >= 15 is 0 Å². The van der Waals surface area contributed by atoms with Gasteiger partial charge in [-0.15, -0.1) is 0 Å². The summed E-state index contributed by atoms with van der Waals surface area (Å²) in [6, 6.07) is 2.20. The Labute approximate surface area is 127 Å². The standard InChI is InChI=1S/C14H18ClN5O/c1-9(21)7-20-6-2-3-10(8-20)17-13-11-4-5-16-12(11)18-14(15)19-13/h4-5,10H,2-3,6-8H2,1H3,(H2,16,17,18,19). The molecular weight excluding hydrogens is 290 g/mol. The summed E-state index contributed by atoms with van der Waals surface area (Å²) >= 11 is 5.96. The number of piperidine rings is 1. The van der Waals surface area contributed by atoms with Crippen molar-refractivity contribution in [2.45, 2.75) is 25.8 Å². The molecule has 1 unspecified atom stereocenters. The second-order valence-corrected chi connectivity index (χ2v) is 5.84. The van der Waals surface area contributed by atoms with Crippen LogP contribution in [0.2, 0.25) is 5.28 Å². The van der Waals surface area contributed by atoms with Crippen molar-refractivity contribution in [2.24, 2.45) is 0 Å². The van der Waals surface area contributed by atoms with Crippen molar-refractivity contribution < 1.29 is 4.79 Å². The minimum absolute atomic E-state index is 0.203. The average molecular weight is 308 g/mol. The highest BCUT2D eigenvalue weighted by molar-refractivity contribution is 6.28. The minimum atomic E-state index is 0.203. The van der Waals surface area contributed by atoms with Crippen molar-refractivity contribution in [2.75, 3.05) is 25.0 Å². The van der Waals surface area contributed by atoms with Crippen LogP contribution < -0.4 is 5.32 Å². The number of likely N-dealkylation sites (tertiary alicyclic amines) is 1. The summed E-state index contributed by atoms with van der Waals surface area (Å²) in [4.78, 5) is 24.9. The molecule has 21 heavy (non-hydrogen) atoms. The third kappa shape index (κ3) is 3.33. The molecule has 2 N–H and O–H groups in total. The van der Waals surface area contributed by atoms with Gasteiger partial charge in [-0.2, -0.15) is 4.98 Å². The third-order valence-electron chi connectivity index (χ3n) is 3.68. The maximum absolute atomic E-state index is 11.3. The van der Waals surface area contributed by atoms with Gasteiger partial charge in [0.05, 0.1) is 11.9 Å². The normalized spacial score (nSPS) is 19.8. The number of Topliss-reactive ketones (excluding diaryl/α,β-unsaturated/α-hetero) is 1. The van der Waals surface area contributed by atoms with Crippen molar-refractivity contribution in [3.05, 3.63) is 17.5 Å². The quantitative estimate of drug-likeness (QED) is 0.846. The smallest absolute Gasteiger partial charge is 0.226 e. The Kier molecular flexibility index (Phi) is 4.07. The highest BCUT2D eigenvalue weighted by Gasteiger charge is 2.21. The molecule has 2 aromatic heterocycles. The van der Waals surface area contributed by atoms with E-state index in [2.05, 4.69) is 25.2 Å². The van der Waals surface area contributed by atoms with E-state index < -0.39 is 0 Å². The van der Waals surface area contributed by atoms with Crippen molar-refractivity contribution in [1.82, 2.24) is 19.9 Å². The summed E-state index contributed by atoms with van der Waals surface area (Å²) in [5.41, 5.74) is 0.730. The van der Waals surface area contributed by atoms with E-state index in [0.29, 0.717) is 6.54 Å². The predicted molar refractivity (Wildman–Crippen MR) is 82.7 cm³/mol. The van der Waals surface area contributed by atoms with E-state index in [4.69, 9.17) is 11.6 Å². The van der Waals surface area contributed by atoms with Crippen molar-refractivity contribution in [1.29, 1.82) is 0 Å². The van der Waals surface area contributed by atoms with Crippen LogP contribution in [0.3, 0.4) is 0 Å². The Hall–Kier alpha value is -1.66. The minimum Gasteiger partial charge on any atom is -0.365 e. The van der Waals surface area contributed by atoms with E-state index in [9.17, 15) is 4.79 Å². The Bertz CT molecular complexity index is 656. The Morgan fingerprint density at radius 1 is 1.57 bits per heavy atom. The lowest BCUT2D eigenvalue weighted by atomic mass is 10.1. The topological polar surface area (TPSA) is 73.9 Å². The van der Waals surface area contributed by atoms with Gasteiger partial charge >= 0.3 is 0 Å². The number of nitrogens with zero attached hydrogens (tertiary/aromatic N) is 3. The molecule has 0 spiro atoms. The summed E-state index contributed by atoms with van der Waals surface area (Å²) in [6.07, 6.45) is 3.95. The summed E-state index contributed by atoms with van der Waals surface area (Å²) < 4.78 is 0. The largest absolute Gasteiger partial charge is 0.365 e. The number of hydrogen-bond acceptors (Lipinski definition) is 5. The Morgan fingerprint density at radius 3 is 3.24 bits per heavy atom. The van der Waals surface area contributed by atoms with Crippen molar-refractivity contribution >= 4 is 34.2 Å². The molecule has 1 fully saturated rings. The van der Waals surface area contributed by atoms with Crippen LogP contribution >= 0.6 is 11.6 Å². The number of rotatable bonds is 4. The van der Waals surface area contributed by atoms with Gasteiger partial charge in [-0.3, -0.25) is 9.69 Å². The van der Waals surface area contributed by atoms with Gasteiger partial charge in [-0.25, -0.2) is 4.98 Å². The zero-order chi connectivity index (χ0) is 14.8. The first-order chi connectivity index (χ1) is 10.1. The summed E-state index contributed by atoms with van der Waals surface area (Å²) in [5, 5.41) is 4.60. The molecule has 7 heteroatoms. The molecule has 1 aliphatic heterocycles. The van der Waals surface area contributed by atoms with Gasteiger partial charge in [-0.1, -0.05) is 0 Å². The van der Waals surface area contributed by atoms with Gasteiger partial charge in [0.2, 0.25) is 5.28 Å². The fraction of sp³-hybridized carbons (Fsp3) is 0.500. The maximum atomic E-state index is 11.3. The molecule has 3 heterocycles. The molecule has 0 radical (unpaired) electrons. The molecule has 0 bridgehead atoms. The molecule has 3 rings (SSSR count). The monoisotopic (exact) mass is 307 g/mol. The zero-order valence-electron chi connectivity index (χ0n) is 11.9. The van der Waals surface area contributed by atoms with Crippen LogP contribution in [0.25, 0.3) is 11.0 Å². The van der Waals surface area contributed by atoms with E-state index in [0.717, 1.165) is 42.8 Å². The number of aromatic amines is 1. The number of aromatic nitrogens is 3. The molecule has 112 valence electrons. The van der Waals surface area contributed by atoms with E-state index in [1.807, 2.05) is 12.3 Å². The number of H-pyrrole nitrogens is 1. The highest BCUT2D eigenvalue weighted by atomic mass is 35.5. The molecule has 1 aliphatic rings. The van der Waals surface area contributed by atoms with Crippen LogP contribution in [-0.2, 0) is 4.79 Å². The first-order valence-electron chi connectivity index (χ1n) is 7.11.